The molecule has 0 aromatic rings. The van der Waals surface area contributed by atoms with Crippen molar-refractivity contribution >= 4 is 5.91 Å². The first-order valence-corrected chi connectivity index (χ1v) is 8.62. The van der Waals surface area contributed by atoms with Crippen LogP contribution in [0.15, 0.2) is 0 Å². The van der Waals surface area contributed by atoms with E-state index < -0.39 is 0 Å². The van der Waals surface area contributed by atoms with Gasteiger partial charge in [-0.25, -0.2) is 0 Å². The van der Waals surface area contributed by atoms with Crippen LogP contribution in [0.25, 0.3) is 0 Å². The van der Waals surface area contributed by atoms with Crippen LogP contribution in [0.3, 0.4) is 0 Å². The van der Waals surface area contributed by atoms with Crippen LogP contribution in [0.4, 0.5) is 0 Å². The summed E-state index contributed by atoms with van der Waals surface area (Å²) >= 11 is 0. The van der Waals surface area contributed by atoms with E-state index in [4.69, 9.17) is 0 Å². The van der Waals surface area contributed by atoms with E-state index in [-0.39, 0.29) is 5.91 Å². The summed E-state index contributed by atoms with van der Waals surface area (Å²) in [5.74, 6) is 0.230. The Bertz CT molecular complexity index is 252. The van der Waals surface area contributed by atoms with E-state index >= 15 is 0 Å². The molecule has 0 spiro atoms. The van der Waals surface area contributed by atoms with E-state index in [2.05, 4.69) is 11.8 Å². The highest BCUT2D eigenvalue weighted by Crippen LogP contribution is 2.33. The van der Waals surface area contributed by atoms with Gasteiger partial charge in [-0.2, -0.15) is 0 Å². The molecule has 3 heteroatoms. The maximum Gasteiger partial charge on any atom is 0.219 e. The predicted molar refractivity (Wildman–Crippen MR) is 88.0 cm³/mol. The van der Waals surface area contributed by atoms with E-state index in [9.17, 15) is 4.79 Å². The van der Waals surface area contributed by atoms with Crippen LogP contribution >= 0.6 is 0 Å². The second-order valence-electron chi connectivity index (χ2n) is 5.55. The fourth-order valence-corrected chi connectivity index (χ4v) is 3.19. The van der Waals surface area contributed by atoms with Crippen LogP contribution in [-0.2, 0) is 4.79 Å². The average molecular weight is 284 g/mol. The molecule has 2 rings (SSSR count). The van der Waals surface area contributed by atoms with Crippen molar-refractivity contribution < 1.29 is 4.79 Å². The zero-order chi connectivity index (χ0) is 15.6. The summed E-state index contributed by atoms with van der Waals surface area (Å²) in [6, 6.07) is 0. The lowest BCUT2D eigenvalue weighted by molar-refractivity contribution is -0.131. The molecule has 20 heavy (non-hydrogen) atoms. The zero-order valence-electron chi connectivity index (χ0n) is 14.7. The number of hydrogen-bond donors (Lipinski definition) is 0. The molecule has 0 radical (unpaired) electrons. The van der Waals surface area contributed by atoms with Crippen molar-refractivity contribution in [2.24, 2.45) is 0 Å². The van der Waals surface area contributed by atoms with Gasteiger partial charge in [-0.1, -0.05) is 47.0 Å². The first kappa shape index (κ1) is 19.4. The van der Waals surface area contributed by atoms with Gasteiger partial charge in [0.05, 0.1) is 0 Å². The van der Waals surface area contributed by atoms with Gasteiger partial charge in [-0.3, -0.25) is 9.69 Å². The summed E-state index contributed by atoms with van der Waals surface area (Å²) in [7, 11) is 0. The first-order chi connectivity index (χ1) is 9.62. The number of nitrogens with zero attached hydrogens (tertiary/aromatic N) is 2. The molecule has 1 aliphatic carbocycles. The summed E-state index contributed by atoms with van der Waals surface area (Å²) in [5, 5.41) is 0. The highest BCUT2D eigenvalue weighted by molar-refractivity contribution is 5.73. The summed E-state index contributed by atoms with van der Waals surface area (Å²) in [6.45, 7) is 16.1. The normalized spacial score (nSPS) is 22.0. The van der Waals surface area contributed by atoms with Gasteiger partial charge in [0.15, 0.2) is 0 Å². The Balaban J connectivity index is 0.000000829. The van der Waals surface area contributed by atoms with Gasteiger partial charge in [-0.15, -0.1) is 0 Å². The molecule has 1 saturated heterocycles. The summed E-state index contributed by atoms with van der Waals surface area (Å²) in [6.07, 6.45) is 6.84. The molecule has 0 atom stereocenters. The van der Waals surface area contributed by atoms with Crippen molar-refractivity contribution in [2.75, 3.05) is 26.2 Å². The zero-order valence-corrected chi connectivity index (χ0v) is 14.7. The fraction of sp³-hybridized carbons (Fsp3) is 0.941. The highest BCUT2D eigenvalue weighted by atomic mass is 16.2. The number of rotatable bonds is 1. The lowest BCUT2D eigenvalue weighted by Crippen LogP contribution is -2.57. The van der Waals surface area contributed by atoms with Crippen molar-refractivity contribution in [3.05, 3.63) is 0 Å². The number of hydrogen-bond acceptors (Lipinski definition) is 2. The van der Waals surface area contributed by atoms with Gasteiger partial charge in [0.2, 0.25) is 5.91 Å². The molecule has 0 N–H and O–H groups in total. The third-order valence-electron chi connectivity index (χ3n) is 4.42. The maximum absolute atomic E-state index is 11.3. The van der Waals surface area contributed by atoms with Gasteiger partial charge < -0.3 is 4.90 Å². The van der Waals surface area contributed by atoms with Crippen molar-refractivity contribution in [3.8, 4) is 0 Å². The monoisotopic (exact) mass is 284 g/mol. The quantitative estimate of drug-likeness (QED) is 0.728. The van der Waals surface area contributed by atoms with Gasteiger partial charge in [0.25, 0.3) is 0 Å². The molecule has 0 bridgehead atoms. The van der Waals surface area contributed by atoms with Crippen LogP contribution < -0.4 is 0 Å². The van der Waals surface area contributed by atoms with Gasteiger partial charge >= 0.3 is 0 Å². The third kappa shape index (κ3) is 5.43. The summed E-state index contributed by atoms with van der Waals surface area (Å²) in [4.78, 5) is 15.9. The molecule has 0 unspecified atom stereocenters. The maximum atomic E-state index is 11.3. The second-order valence-corrected chi connectivity index (χ2v) is 5.55. The SMILES string of the molecule is CC.CC.CC(=O)N1CCN(C2(C)CCCCC2)CC1. The largest absolute Gasteiger partial charge is 0.340 e. The summed E-state index contributed by atoms with van der Waals surface area (Å²) < 4.78 is 0. The van der Waals surface area contributed by atoms with Crippen molar-refractivity contribution in [2.45, 2.75) is 79.2 Å². The van der Waals surface area contributed by atoms with E-state index in [0.29, 0.717) is 5.54 Å². The molecule has 1 saturated carbocycles. The molecule has 1 heterocycles. The van der Waals surface area contributed by atoms with E-state index in [1.165, 1.54) is 32.1 Å². The fourth-order valence-electron chi connectivity index (χ4n) is 3.19. The average Bonchev–Trinajstić information content (AvgIpc) is 2.52. The van der Waals surface area contributed by atoms with E-state index in [0.717, 1.165) is 26.2 Å². The number of carbonyl (C=O) groups is 1. The van der Waals surface area contributed by atoms with Crippen LogP contribution in [0.1, 0.15) is 73.6 Å². The molecular weight excluding hydrogens is 248 g/mol. The van der Waals surface area contributed by atoms with Crippen LogP contribution in [0.5, 0.6) is 0 Å². The number of carbonyl (C=O) groups excluding carboxylic acids is 1. The molecule has 0 aromatic carbocycles. The standard InChI is InChI=1S/C13H24N2O.2C2H6/c1-12(16)14-8-10-15(11-9-14)13(2)6-4-3-5-7-13;2*1-2/h3-11H2,1-2H3;2*1-2H3. The third-order valence-corrected chi connectivity index (χ3v) is 4.42. The van der Waals surface area contributed by atoms with Crippen LogP contribution in [0.2, 0.25) is 0 Å². The minimum absolute atomic E-state index is 0.230. The topological polar surface area (TPSA) is 23.6 Å². The van der Waals surface area contributed by atoms with E-state index in [1.807, 2.05) is 32.6 Å². The lowest BCUT2D eigenvalue weighted by atomic mass is 9.81. The van der Waals surface area contributed by atoms with E-state index in [1.54, 1.807) is 6.92 Å². The molecular formula is C17H36N2O. The molecule has 2 aliphatic rings. The van der Waals surface area contributed by atoms with Crippen molar-refractivity contribution in [1.82, 2.24) is 9.80 Å². The van der Waals surface area contributed by atoms with Gasteiger partial charge in [-0.05, 0) is 19.8 Å². The van der Waals surface area contributed by atoms with Crippen LogP contribution in [0, 0.1) is 0 Å². The predicted octanol–water partition coefficient (Wildman–Crippen LogP) is 3.93. The highest BCUT2D eigenvalue weighted by Gasteiger charge is 2.35. The van der Waals surface area contributed by atoms with Crippen molar-refractivity contribution in [1.29, 1.82) is 0 Å². The molecule has 120 valence electrons. The minimum atomic E-state index is 0.230. The summed E-state index contributed by atoms with van der Waals surface area (Å²) in [5.41, 5.74) is 0.418. The molecule has 0 aromatic heterocycles. The Morgan fingerprint density at radius 1 is 0.850 bits per heavy atom. The Morgan fingerprint density at radius 3 is 1.70 bits per heavy atom. The molecule has 3 nitrogen and oxygen atoms in total. The number of amides is 1. The van der Waals surface area contributed by atoms with Crippen molar-refractivity contribution in [3.63, 3.8) is 0 Å². The Morgan fingerprint density at radius 2 is 1.30 bits per heavy atom. The van der Waals surface area contributed by atoms with Gasteiger partial charge in [0, 0.05) is 38.6 Å². The first-order valence-electron chi connectivity index (χ1n) is 8.62. The second kappa shape index (κ2) is 10.2. The number of piperazine rings is 1. The minimum Gasteiger partial charge on any atom is -0.340 e. The van der Waals surface area contributed by atoms with Gasteiger partial charge in [0.1, 0.15) is 0 Å². The molecule has 1 aliphatic heterocycles. The Hall–Kier alpha value is -0.570. The lowest BCUT2D eigenvalue weighted by Gasteiger charge is -2.47. The Labute approximate surface area is 126 Å². The molecule has 2 fully saturated rings. The van der Waals surface area contributed by atoms with Crippen LogP contribution in [-0.4, -0.2) is 47.4 Å². The Kier molecular flexibility index (Phi) is 9.91. The molecule has 1 amide bonds. The smallest absolute Gasteiger partial charge is 0.219 e.